The molecule has 0 saturated carbocycles. The molecule has 0 spiro atoms. The zero-order valence-corrected chi connectivity index (χ0v) is 16.4. The Kier molecular flexibility index (Phi) is 4.70. The van der Waals surface area contributed by atoms with Gasteiger partial charge in [0.2, 0.25) is 0 Å². The number of imidazole rings is 1. The zero-order chi connectivity index (χ0) is 21.4. The first-order chi connectivity index (χ1) is 15.1. The van der Waals surface area contributed by atoms with Gasteiger partial charge in [-0.25, -0.2) is 18.4 Å². The fourth-order valence-corrected chi connectivity index (χ4v) is 3.61. The minimum atomic E-state index is -0.989. The number of benzene rings is 1. The Labute approximate surface area is 175 Å². The molecular weight excluding hydrogens is 402 g/mol. The molecule has 1 aromatic carbocycles. The molecule has 0 unspecified atom stereocenters. The average molecular weight is 418 g/mol. The maximum absolute atomic E-state index is 15.3. The van der Waals surface area contributed by atoms with Gasteiger partial charge in [-0.2, -0.15) is 0 Å². The minimum Gasteiger partial charge on any atom is -0.334 e. The molecular formula is C22H16F2N6O. The van der Waals surface area contributed by atoms with Gasteiger partial charge in [0.05, 0.1) is 5.52 Å². The van der Waals surface area contributed by atoms with E-state index in [-0.39, 0.29) is 23.3 Å². The van der Waals surface area contributed by atoms with E-state index in [4.69, 9.17) is 4.63 Å². The van der Waals surface area contributed by atoms with Crippen molar-refractivity contribution in [1.82, 2.24) is 30.2 Å². The zero-order valence-electron chi connectivity index (χ0n) is 16.4. The van der Waals surface area contributed by atoms with E-state index in [2.05, 4.69) is 30.2 Å². The number of aromatic nitrogens is 6. The molecule has 0 atom stereocenters. The van der Waals surface area contributed by atoms with Crippen molar-refractivity contribution in [3.63, 3.8) is 0 Å². The molecule has 31 heavy (non-hydrogen) atoms. The van der Waals surface area contributed by atoms with E-state index in [0.717, 1.165) is 11.1 Å². The molecule has 9 heteroatoms. The second-order valence-electron chi connectivity index (χ2n) is 7.17. The number of aryl methyl sites for hydroxylation is 1. The first-order valence-corrected chi connectivity index (χ1v) is 9.57. The summed E-state index contributed by atoms with van der Waals surface area (Å²) in [5.41, 5.74) is 3.56. The Morgan fingerprint density at radius 3 is 2.16 bits per heavy atom. The van der Waals surface area contributed by atoms with Crippen LogP contribution in [-0.4, -0.2) is 30.2 Å². The van der Waals surface area contributed by atoms with Crippen molar-refractivity contribution in [2.24, 2.45) is 0 Å². The molecule has 0 saturated heterocycles. The number of nitrogens with zero attached hydrogens (tertiary/aromatic N) is 5. The first kappa shape index (κ1) is 19.0. The van der Waals surface area contributed by atoms with Gasteiger partial charge < -0.3 is 4.98 Å². The van der Waals surface area contributed by atoms with Gasteiger partial charge in [0.25, 0.3) is 0 Å². The summed E-state index contributed by atoms with van der Waals surface area (Å²) in [6, 6.07) is 7.26. The Balaban J connectivity index is 1.74. The summed E-state index contributed by atoms with van der Waals surface area (Å²) in [5.74, 6) is -1.64. The SMILES string of the molecule is Cc1nonc1-c1nc2c(Cc3cccnc3)c(Cc3cccnc3)c(F)c(F)c2[nH]1. The predicted molar refractivity (Wildman–Crippen MR) is 108 cm³/mol. The molecule has 0 amide bonds. The van der Waals surface area contributed by atoms with Crippen LogP contribution in [0, 0.1) is 18.6 Å². The van der Waals surface area contributed by atoms with Gasteiger partial charge >= 0.3 is 0 Å². The van der Waals surface area contributed by atoms with Crippen LogP contribution in [0.5, 0.6) is 0 Å². The van der Waals surface area contributed by atoms with Crippen LogP contribution in [0.3, 0.4) is 0 Å². The van der Waals surface area contributed by atoms with E-state index in [1.807, 2.05) is 12.1 Å². The average Bonchev–Trinajstić information content (AvgIpc) is 3.42. The highest BCUT2D eigenvalue weighted by molar-refractivity contribution is 5.84. The second-order valence-corrected chi connectivity index (χ2v) is 7.17. The summed E-state index contributed by atoms with van der Waals surface area (Å²) < 4.78 is 35.1. The van der Waals surface area contributed by atoms with E-state index in [9.17, 15) is 0 Å². The van der Waals surface area contributed by atoms with Crippen LogP contribution in [0.25, 0.3) is 22.6 Å². The highest BCUT2D eigenvalue weighted by Gasteiger charge is 2.25. The van der Waals surface area contributed by atoms with Gasteiger partial charge in [0.1, 0.15) is 11.2 Å². The summed E-state index contributed by atoms with van der Waals surface area (Å²) in [7, 11) is 0. The smallest absolute Gasteiger partial charge is 0.184 e. The summed E-state index contributed by atoms with van der Waals surface area (Å²) in [6.45, 7) is 1.69. The fourth-order valence-electron chi connectivity index (χ4n) is 3.61. The summed E-state index contributed by atoms with van der Waals surface area (Å²) in [6.07, 6.45) is 7.13. The second kappa shape index (κ2) is 7.67. The normalized spacial score (nSPS) is 11.3. The number of pyridine rings is 2. The van der Waals surface area contributed by atoms with E-state index in [1.54, 1.807) is 43.8 Å². The minimum absolute atomic E-state index is 0.0243. The molecule has 7 nitrogen and oxygen atoms in total. The van der Waals surface area contributed by atoms with Crippen LogP contribution in [0.1, 0.15) is 27.9 Å². The molecule has 0 aliphatic carbocycles. The lowest BCUT2D eigenvalue weighted by Crippen LogP contribution is -2.06. The lowest BCUT2D eigenvalue weighted by Gasteiger charge is -2.13. The Morgan fingerprint density at radius 1 is 0.903 bits per heavy atom. The van der Waals surface area contributed by atoms with E-state index in [0.29, 0.717) is 28.9 Å². The fraction of sp³-hybridized carbons (Fsp3) is 0.136. The van der Waals surface area contributed by atoms with Gasteiger partial charge in [-0.1, -0.05) is 17.3 Å². The van der Waals surface area contributed by atoms with Crippen LogP contribution in [0.4, 0.5) is 8.78 Å². The number of nitrogens with one attached hydrogen (secondary N) is 1. The molecule has 154 valence electrons. The number of hydrogen-bond donors (Lipinski definition) is 1. The lowest BCUT2D eigenvalue weighted by atomic mass is 9.94. The quantitative estimate of drug-likeness (QED) is 0.460. The number of halogens is 2. The van der Waals surface area contributed by atoms with Gasteiger partial charge in [0.15, 0.2) is 23.2 Å². The van der Waals surface area contributed by atoms with Crippen molar-refractivity contribution >= 4 is 11.0 Å². The highest BCUT2D eigenvalue weighted by atomic mass is 19.2. The monoisotopic (exact) mass is 418 g/mol. The molecule has 4 aromatic heterocycles. The number of aromatic amines is 1. The first-order valence-electron chi connectivity index (χ1n) is 9.57. The molecule has 0 bridgehead atoms. The molecule has 1 N–H and O–H groups in total. The maximum Gasteiger partial charge on any atom is 0.184 e. The van der Waals surface area contributed by atoms with E-state index < -0.39 is 11.6 Å². The van der Waals surface area contributed by atoms with E-state index >= 15 is 8.78 Å². The largest absolute Gasteiger partial charge is 0.334 e. The Bertz CT molecular complexity index is 1370. The van der Waals surface area contributed by atoms with Crippen LogP contribution < -0.4 is 0 Å². The third-order valence-electron chi connectivity index (χ3n) is 5.12. The van der Waals surface area contributed by atoms with Gasteiger partial charge in [0, 0.05) is 43.2 Å². The topological polar surface area (TPSA) is 93.4 Å². The summed E-state index contributed by atoms with van der Waals surface area (Å²) in [5, 5.41) is 7.56. The van der Waals surface area contributed by atoms with Gasteiger partial charge in [-0.15, -0.1) is 0 Å². The molecule has 0 radical (unpaired) electrons. The highest BCUT2D eigenvalue weighted by Crippen LogP contribution is 2.32. The maximum atomic E-state index is 15.3. The van der Waals surface area contributed by atoms with Gasteiger partial charge in [-0.05, 0) is 40.9 Å². The number of H-pyrrole nitrogens is 1. The molecule has 0 fully saturated rings. The van der Waals surface area contributed by atoms with Crippen LogP contribution in [0.2, 0.25) is 0 Å². The summed E-state index contributed by atoms with van der Waals surface area (Å²) >= 11 is 0. The summed E-state index contributed by atoms with van der Waals surface area (Å²) in [4.78, 5) is 15.6. The number of rotatable bonds is 5. The molecule has 0 aliphatic heterocycles. The van der Waals surface area contributed by atoms with Gasteiger partial charge in [-0.3, -0.25) is 9.97 Å². The number of hydrogen-bond acceptors (Lipinski definition) is 6. The van der Waals surface area contributed by atoms with Crippen molar-refractivity contribution in [3.05, 3.63) is 88.6 Å². The van der Waals surface area contributed by atoms with Crippen LogP contribution >= 0.6 is 0 Å². The lowest BCUT2D eigenvalue weighted by molar-refractivity contribution is 0.305. The predicted octanol–water partition coefficient (Wildman–Crippen LogP) is 4.17. The van der Waals surface area contributed by atoms with Crippen molar-refractivity contribution in [3.8, 4) is 11.5 Å². The molecule has 5 aromatic rings. The van der Waals surface area contributed by atoms with Crippen molar-refractivity contribution in [2.45, 2.75) is 19.8 Å². The third kappa shape index (κ3) is 3.43. The van der Waals surface area contributed by atoms with Crippen molar-refractivity contribution in [2.75, 3.05) is 0 Å². The Hall–Kier alpha value is -4.01. The molecule has 5 rings (SSSR count). The Morgan fingerprint density at radius 2 is 1.58 bits per heavy atom. The van der Waals surface area contributed by atoms with Crippen molar-refractivity contribution < 1.29 is 13.4 Å². The van der Waals surface area contributed by atoms with Crippen molar-refractivity contribution in [1.29, 1.82) is 0 Å². The molecule has 4 heterocycles. The third-order valence-corrected chi connectivity index (χ3v) is 5.12. The molecule has 0 aliphatic rings. The van der Waals surface area contributed by atoms with E-state index in [1.165, 1.54) is 0 Å². The van der Waals surface area contributed by atoms with Crippen LogP contribution in [0.15, 0.2) is 53.7 Å². The standard InChI is InChI=1S/C22H16F2N6O/c1-12-19(30-31-29-12)22-27-20-16(9-14-5-3-7-26-11-14)15(8-13-4-2-6-25-10-13)17(23)18(24)21(20)28-22/h2-7,10-11H,8-9H2,1H3,(H,27,28). The number of fused-ring (bicyclic) bond motifs is 1. The van der Waals surface area contributed by atoms with Crippen LogP contribution in [-0.2, 0) is 12.8 Å².